The van der Waals surface area contributed by atoms with Gasteiger partial charge in [-0.3, -0.25) is 0 Å². The van der Waals surface area contributed by atoms with Crippen molar-refractivity contribution in [1.82, 2.24) is 0 Å². The van der Waals surface area contributed by atoms with Crippen molar-refractivity contribution in [3.63, 3.8) is 0 Å². The van der Waals surface area contributed by atoms with E-state index in [1.807, 2.05) is 30.4 Å². The Labute approximate surface area is 114 Å². The average Bonchev–Trinajstić information content (AvgIpc) is 2.46. The summed E-state index contributed by atoms with van der Waals surface area (Å²) in [5.41, 5.74) is 7.97. The normalized spacial score (nSPS) is 10.8. The van der Waals surface area contributed by atoms with Crippen LogP contribution in [0.4, 0.5) is 0 Å². The van der Waals surface area contributed by atoms with E-state index >= 15 is 0 Å². The van der Waals surface area contributed by atoms with Gasteiger partial charge >= 0.3 is 0 Å². The molecule has 0 fully saturated rings. The zero-order valence-electron chi connectivity index (χ0n) is 11.0. The van der Waals surface area contributed by atoms with Crippen LogP contribution >= 0.6 is 0 Å². The molecule has 0 bridgehead atoms. The summed E-state index contributed by atoms with van der Waals surface area (Å²) >= 11 is 0. The fraction of sp³-hybridized carbons (Fsp3) is 0.176. The standard InChI is InChI=1S/C17H19NO/c18-12-4-5-13-19-17-10-8-16(9-11-17)14-15-6-2-1-3-7-15/h1-11H,12-14,18H2. The molecule has 0 aliphatic rings. The molecule has 2 nitrogen and oxygen atoms in total. The molecule has 0 radical (unpaired) electrons. The summed E-state index contributed by atoms with van der Waals surface area (Å²) in [6, 6.07) is 18.7. The molecule has 0 aliphatic carbocycles. The van der Waals surface area contributed by atoms with Crippen molar-refractivity contribution in [2.45, 2.75) is 6.42 Å². The maximum absolute atomic E-state index is 5.57. The van der Waals surface area contributed by atoms with Crippen molar-refractivity contribution in [1.29, 1.82) is 0 Å². The maximum Gasteiger partial charge on any atom is 0.119 e. The molecule has 0 amide bonds. The number of benzene rings is 2. The van der Waals surface area contributed by atoms with E-state index in [-0.39, 0.29) is 0 Å². The van der Waals surface area contributed by atoms with E-state index in [1.165, 1.54) is 11.1 Å². The first-order valence-electron chi connectivity index (χ1n) is 6.49. The molecule has 0 saturated carbocycles. The van der Waals surface area contributed by atoms with Crippen LogP contribution in [-0.4, -0.2) is 13.2 Å². The molecule has 2 heteroatoms. The molecule has 0 aromatic heterocycles. The Morgan fingerprint density at radius 3 is 2.21 bits per heavy atom. The minimum atomic E-state index is 0.555. The Hall–Kier alpha value is -2.06. The largest absolute Gasteiger partial charge is 0.490 e. The van der Waals surface area contributed by atoms with Gasteiger partial charge in [0.15, 0.2) is 0 Å². The lowest BCUT2D eigenvalue weighted by Crippen LogP contribution is -1.97. The maximum atomic E-state index is 5.57. The van der Waals surface area contributed by atoms with Gasteiger partial charge < -0.3 is 10.5 Å². The van der Waals surface area contributed by atoms with Crippen LogP contribution in [0.2, 0.25) is 0 Å². The van der Waals surface area contributed by atoms with Crippen LogP contribution in [-0.2, 0) is 6.42 Å². The van der Waals surface area contributed by atoms with E-state index in [0.717, 1.165) is 12.2 Å². The zero-order chi connectivity index (χ0) is 13.3. The quantitative estimate of drug-likeness (QED) is 0.802. The number of rotatable bonds is 6. The van der Waals surface area contributed by atoms with Gasteiger partial charge in [-0.15, -0.1) is 0 Å². The first-order valence-corrected chi connectivity index (χ1v) is 6.49. The van der Waals surface area contributed by atoms with Crippen molar-refractivity contribution < 1.29 is 4.74 Å². The van der Waals surface area contributed by atoms with E-state index in [9.17, 15) is 0 Å². The lowest BCUT2D eigenvalue weighted by molar-refractivity contribution is 0.362. The number of ether oxygens (including phenoxy) is 1. The predicted molar refractivity (Wildman–Crippen MR) is 79.4 cm³/mol. The summed E-state index contributed by atoms with van der Waals surface area (Å²) in [5, 5.41) is 0. The van der Waals surface area contributed by atoms with E-state index in [4.69, 9.17) is 10.5 Å². The number of nitrogens with two attached hydrogens (primary N) is 1. The van der Waals surface area contributed by atoms with Crippen LogP contribution in [0, 0.1) is 0 Å². The van der Waals surface area contributed by atoms with Crippen molar-refractivity contribution in [2.75, 3.05) is 13.2 Å². The minimum absolute atomic E-state index is 0.555. The van der Waals surface area contributed by atoms with Crippen molar-refractivity contribution in [3.05, 3.63) is 77.9 Å². The van der Waals surface area contributed by atoms with Crippen molar-refractivity contribution in [3.8, 4) is 5.75 Å². The Balaban J connectivity index is 1.89. The van der Waals surface area contributed by atoms with Gasteiger partial charge in [0.25, 0.3) is 0 Å². The molecule has 0 atom stereocenters. The second kappa shape index (κ2) is 7.39. The molecule has 2 rings (SSSR count). The first-order chi connectivity index (χ1) is 9.38. The van der Waals surface area contributed by atoms with Gasteiger partial charge in [0.05, 0.1) is 0 Å². The number of hydrogen-bond donors (Lipinski definition) is 1. The predicted octanol–water partition coefficient (Wildman–Crippen LogP) is 3.17. The smallest absolute Gasteiger partial charge is 0.119 e. The Kier molecular flexibility index (Phi) is 5.20. The second-order valence-corrected chi connectivity index (χ2v) is 4.32. The van der Waals surface area contributed by atoms with Gasteiger partial charge in [0.1, 0.15) is 12.4 Å². The lowest BCUT2D eigenvalue weighted by atomic mass is 10.1. The summed E-state index contributed by atoms with van der Waals surface area (Å²) in [6.45, 7) is 1.12. The molecule has 2 N–H and O–H groups in total. The molecular weight excluding hydrogens is 234 g/mol. The van der Waals surface area contributed by atoms with Crippen LogP contribution in [0.5, 0.6) is 5.75 Å². The Morgan fingerprint density at radius 1 is 0.842 bits per heavy atom. The summed E-state index contributed by atoms with van der Waals surface area (Å²) in [7, 11) is 0. The highest BCUT2D eigenvalue weighted by Gasteiger charge is 1.97. The second-order valence-electron chi connectivity index (χ2n) is 4.32. The van der Waals surface area contributed by atoms with Crippen molar-refractivity contribution >= 4 is 0 Å². The van der Waals surface area contributed by atoms with E-state index in [0.29, 0.717) is 13.2 Å². The highest BCUT2D eigenvalue weighted by Crippen LogP contribution is 2.15. The molecule has 0 saturated heterocycles. The molecule has 98 valence electrons. The van der Waals surface area contributed by atoms with Gasteiger partial charge in [-0.05, 0) is 29.7 Å². The molecule has 0 unspecified atom stereocenters. The molecule has 0 aliphatic heterocycles. The number of hydrogen-bond acceptors (Lipinski definition) is 2. The topological polar surface area (TPSA) is 35.2 Å². The van der Waals surface area contributed by atoms with Crippen LogP contribution in [0.15, 0.2) is 66.7 Å². The van der Waals surface area contributed by atoms with Gasteiger partial charge in [-0.2, -0.15) is 0 Å². The molecule has 0 spiro atoms. The van der Waals surface area contributed by atoms with Crippen LogP contribution in [0.25, 0.3) is 0 Å². The molecule has 2 aromatic rings. The molecule has 0 heterocycles. The summed E-state index contributed by atoms with van der Waals surface area (Å²) in [6.07, 6.45) is 4.77. The summed E-state index contributed by atoms with van der Waals surface area (Å²) in [5.74, 6) is 0.887. The Morgan fingerprint density at radius 2 is 1.53 bits per heavy atom. The monoisotopic (exact) mass is 253 g/mol. The van der Waals surface area contributed by atoms with Crippen molar-refractivity contribution in [2.24, 2.45) is 5.73 Å². The van der Waals surface area contributed by atoms with Gasteiger partial charge in [0.2, 0.25) is 0 Å². The fourth-order valence-electron chi connectivity index (χ4n) is 1.84. The van der Waals surface area contributed by atoms with E-state index < -0.39 is 0 Å². The van der Waals surface area contributed by atoms with Crippen LogP contribution < -0.4 is 10.5 Å². The fourth-order valence-corrected chi connectivity index (χ4v) is 1.84. The van der Waals surface area contributed by atoms with Gasteiger partial charge in [-0.1, -0.05) is 54.6 Å². The van der Waals surface area contributed by atoms with Gasteiger partial charge in [-0.25, -0.2) is 0 Å². The minimum Gasteiger partial charge on any atom is -0.490 e. The highest BCUT2D eigenvalue weighted by molar-refractivity contribution is 5.31. The third-order valence-electron chi connectivity index (χ3n) is 2.82. The average molecular weight is 253 g/mol. The molecular formula is C17H19NO. The third kappa shape index (κ3) is 4.60. The lowest BCUT2D eigenvalue weighted by Gasteiger charge is -2.05. The molecule has 2 aromatic carbocycles. The molecule has 19 heavy (non-hydrogen) atoms. The summed E-state index contributed by atoms with van der Waals surface area (Å²) < 4.78 is 5.57. The summed E-state index contributed by atoms with van der Waals surface area (Å²) in [4.78, 5) is 0. The van der Waals surface area contributed by atoms with E-state index in [2.05, 4.69) is 36.4 Å². The Bertz CT molecular complexity index is 503. The zero-order valence-corrected chi connectivity index (χ0v) is 11.0. The van der Waals surface area contributed by atoms with Crippen LogP contribution in [0.3, 0.4) is 0 Å². The highest BCUT2D eigenvalue weighted by atomic mass is 16.5. The van der Waals surface area contributed by atoms with Crippen LogP contribution in [0.1, 0.15) is 11.1 Å². The SMILES string of the molecule is NCC=CCOc1ccc(Cc2ccccc2)cc1. The third-order valence-corrected chi connectivity index (χ3v) is 2.82. The first kappa shape index (κ1) is 13.4. The van der Waals surface area contributed by atoms with Gasteiger partial charge in [0, 0.05) is 6.54 Å². The van der Waals surface area contributed by atoms with E-state index in [1.54, 1.807) is 0 Å².